The molecular formula is C13H23N3O. The molecule has 2 N–H and O–H groups in total. The zero-order valence-corrected chi connectivity index (χ0v) is 11.2. The van der Waals surface area contributed by atoms with Crippen molar-refractivity contribution in [2.75, 3.05) is 25.2 Å². The number of anilines is 1. The van der Waals surface area contributed by atoms with Crippen LogP contribution in [0, 0.1) is 6.92 Å². The molecule has 0 radical (unpaired) electrons. The molecule has 0 aliphatic heterocycles. The van der Waals surface area contributed by atoms with Crippen molar-refractivity contribution in [2.24, 2.45) is 5.73 Å². The van der Waals surface area contributed by atoms with E-state index in [0.717, 1.165) is 23.5 Å². The molecule has 4 nitrogen and oxygen atoms in total. The number of methoxy groups -OCH3 is 1. The van der Waals surface area contributed by atoms with E-state index in [4.69, 9.17) is 10.5 Å². The van der Waals surface area contributed by atoms with Crippen molar-refractivity contribution in [3.05, 3.63) is 23.4 Å². The minimum atomic E-state index is 0.403. The highest BCUT2D eigenvalue weighted by molar-refractivity contribution is 5.48. The van der Waals surface area contributed by atoms with Crippen molar-refractivity contribution < 1.29 is 4.74 Å². The molecular weight excluding hydrogens is 214 g/mol. The lowest BCUT2D eigenvalue weighted by molar-refractivity contribution is 0.203. The van der Waals surface area contributed by atoms with Crippen LogP contribution in [0.25, 0.3) is 0 Å². The maximum atomic E-state index is 5.61. The Bertz CT molecular complexity index is 353. The standard InChI is InChI=1S/C13H23N3O/c1-10(2)16(5-6-17-4)13-11(3)7-12(8-14)9-15-13/h7,9-10H,5-6,8,14H2,1-4H3. The molecule has 0 atom stereocenters. The van der Waals surface area contributed by atoms with Crippen molar-refractivity contribution >= 4 is 5.82 Å². The highest BCUT2D eigenvalue weighted by Crippen LogP contribution is 2.19. The lowest BCUT2D eigenvalue weighted by Gasteiger charge is -2.29. The number of pyridine rings is 1. The van der Waals surface area contributed by atoms with E-state index in [1.165, 1.54) is 0 Å². The van der Waals surface area contributed by atoms with Gasteiger partial charge in [0.1, 0.15) is 5.82 Å². The molecule has 1 rings (SSSR count). The lowest BCUT2D eigenvalue weighted by atomic mass is 10.2. The van der Waals surface area contributed by atoms with Crippen LogP contribution in [0.3, 0.4) is 0 Å². The van der Waals surface area contributed by atoms with Crippen LogP contribution in [0.5, 0.6) is 0 Å². The number of aryl methyl sites for hydroxylation is 1. The monoisotopic (exact) mass is 237 g/mol. The smallest absolute Gasteiger partial charge is 0.131 e. The normalized spacial score (nSPS) is 10.9. The van der Waals surface area contributed by atoms with Gasteiger partial charge in [0, 0.05) is 32.4 Å². The zero-order chi connectivity index (χ0) is 12.8. The first-order valence-electron chi connectivity index (χ1n) is 6.01. The van der Waals surface area contributed by atoms with Gasteiger partial charge in [-0.2, -0.15) is 0 Å². The van der Waals surface area contributed by atoms with Crippen LogP contribution in [-0.4, -0.2) is 31.3 Å². The zero-order valence-electron chi connectivity index (χ0n) is 11.2. The number of hydrogen-bond donors (Lipinski definition) is 1. The summed E-state index contributed by atoms with van der Waals surface area (Å²) in [4.78, 5) is 6.76. The maximum absolute atomic E-state index is 5.61. The van der Waals surface area contributed by atoms with Gasteiger partial charge in [0.05, 0.1) is 6.61 Å². The Morgan fingerprint density at radius 2 is 2.18 bits per heavy atom. The van der Waals surface area contributed by atoms with Crippen LogP contribution in [-0.2, 0) is 11.3 Å². The number of rotatable bonds is 6. The summed E-state index contributed by atoms with van der Waals surface area (Å²) in [5.74, 6) is 1.02. The minimum Gasteiger partial charge on any atom is -0.383 e. The second-order valence-electron chi connectivity index (χ2n) is 4.47. The van der Waals surface area contributed by atoms with Gasteiger partial charge in [0.15, 0.2) is 0 Å². The SMILES string of the molecule is COCCN(c1ncc(CN)cc1C)C(C)C. The van der Waals surface area contributed by atoms with Gasteiger partial charge in [-0.3, -0.25) is 0 Å². The maximum Gasteiger partial charge on any atom is 0.131 e. The third-order valence-electron chi connectivity index (χ3n) is 2.77. The summed E-state index contributed by atoms with van der Waals surface area (Å²) >= 11 is 0. The number of aromatic nitrogens is 1. The molecule has 1 heterocycles. The quantitative estimate of drug-likeness (QED) is 0.818. The van der Waals surface area contributed by atoms with Gasteiger partial charge in [0.2, 0.25) is 0 Å². The molecule has 0 bridgehead atoms. The Labute approximate surface area is 104 Å². The van der Waals surface area contributed by atoms with Crippen molar-refractivity contribution in [1.82, 2.24) is 4.98 Å². The largest absolute Gasteiger partial charge is 0.383 e. The van der Waals surface area contributed by atoms with Gasteiger partial charge < -0.3 is 15.4 Å². The number of ether oxygens (including phenoxy) is 1. The molecule has 0 saturated carbocycles. The fourth-order valence-electron chi connectivity index (χ4n) is 1.84. The summed E-state index contributed by atoms with van der Waals surface area (Å²) in [5, 5.41) is 0. The van der Waals surface area contributed by atoms with Crippen LogP contribution >= 0.6 is 0 Å². The van der Waals surface area contributed by atoms with Gasteiger partial charge in [-0.25, -0.2) is 4.98 Å². The van der Waals surface area contributed by atoms with Gasteiger partial charge in [0.25, 0.3) is 0 Å². The molecule has 0 aromatic carbocycles. The lowest BCUT2D eigenvalue weighted by Crippen LogP contribution is -2.35. The summed E-state index contributed by atoms with van der Waals surface area (Å²) in [6.07, 6.45) is 1.85. The second kappa shape index (κ2) is 6.57. The summed E-state index contributed by atoms with van der Waals surface area (Å²) in [6, 6.07) is 2.50. The Morgan fingerprint density at radius 1 is 1.47 bits per heavy atom. The van der Waals surface area contributed by atoms with E-state index in [-0.39, 0.29) is 0 Å². The Hall–Kier alpha value is -1.13. The van der Waals surface area contributed by atoms with Crippen LogP contribution in [0.4, 0.5) is 5.82 Å². The van der Waals surface area contributed by atoms with Crippen molar-refractivity contribution in [3.63, 3.8) is 0 Å². The van der Waals surface area contributed by atoms with E-state index in [9.17, 15) is 0 Å². The average molecular weight is 237 g/mol. The van der Waals surface area contributed by atoms with Crippen molar-refractivity contribution in [2.45, 2.75) is 33.4 Å². The number of nitrogens with two attached hydrogens (primary N) is 1. The third-order valence-corrected chi connectivity index (χ3v) is 2.77. The fraction of sp³-hybridized carbons (Fsp3) is 0.615. The summed E-state index contributed by atoms with van der Waals surface area (Å²) in [5.41, 5.74) is 7.85. The molecule has 17 heavy (non-hydrogen) atoms. The summed E-state index contributed by atoms with van der Waals surface area (Å²) in [7, 11) is 1.72. The number of hydrogen-bond acceptors (Lipinski definition) is 4. The third kappa shape index (κ3) is 3.68. The first-order valence-corrected chi connectivity index (χ1v) is 6.01. The molecule has 0 fully saturated rings. The van der Waals surface area contributed by atoms with Crippen molar-refractivity contribution in [1.29, 1.82) is 0 Å². The Balaban J connectivity index is 2.93. The van der Waals surface area contributed by atoms with Crippen molar-refractivity contribution in [3.8, 4) is 0 Å². The van der Waals surface area contributed by atoms with Crippen LogP contribution in [0.2, 0.25) is 0 Å². The molecule has 1 aromatic rings. The molecule has 0 aliphatic rings. The molecule has 1 aromatic heterocycles. The van der Waals surface area contributed by atoms with E-state index >= 15 is 0 Å². The first kappa shape index (κ1) is 13.9. The minimum absolute atomic E-state index is 0.403. The van der Waals surface area contributed by atoms with E-state index in [1.54, 1.807) is 7.11 Å². The summed E-state index contributed by atoms with van der Waals surface area (Å²) in [6.45, 7) is 8.49. The van der Waals surface area contributed by atoms with Gasteiger partial charge in [-0.05, 0) is 38.0 Å². The first-order chi connectivity index (χ1) is 8.10. The Morgan fingerprint density at radius 3 is 2.65 bits per heavy atom. The van der Waals surface area contributed by atoms with E-state index in [2.05, 4.69) is 36.7 Å². The van der Waals surface area contributed by atoms with Gasteiger partial charge in [-0.15, -0.1) is 0 Å². The van der Waals surface area contributed by atoms with Crippen LogP contribution in [0.15, 0.2) is 12.3 Å². The van der Waals surface area contributed by atoms with E-state index in [1.807, 2.05) is 6.20 Å². The number of nitrogens with zero attached hydrogens (tertiary/aromatic N) is 2. The highest BCUT2D eigenvalue weighted by atomic mass is 16.5. The van der Waals surface area contributed by atoms with E-state index < -0.39 is 0 Å². The average Bonchev–Trinajstić information content (AvgIpc) is 2.30. The topological polar surface area (TPSA) is 51.4 Å². The van der Waals surface area contributed by atoms with Gasteiger partial charge in [-0.1, -0.05) is 0 Å². The van der Waals surface area contributed by atoms with Gasteiger partial charge >= 0.3 is 0 Å². The molecule has 96 valence electrons. The molecule has 0 unspecified atom stereocenters. The van der Waals surface area contributed by atoms with Crippen LogP contribution in [0.1, 0.15) is 25.0 Å². The Kier molecular flexibility index (Phi) is 5.38. The predicted molar refractivity (Wildman–Crippen MR) is 71.2 cm³/mol. The second-order valence-corrected chi connectivity index (χ2v) is 4.47. The molecule has 0 amide bonds. The van der Waals surface area contributed by atoms with Crippen LogP contribution < -0.4 is 10.6 Å². The molecule has 0 aliphatic carbocycles. The molecule has 4 heteroatoms. The molecule has 0 saturated heterocycles. The fourth-order valence-corrected chi connectivity index (χ4v) is 1.84. The van der Waals surface area contributed by atoms with E-state index in [0.29, 0.717) is 19.2 Å². The summed E-state index contributed by atoms with van der Waals surface area (Å²) < 4.78 is 5.14. The molecule has 0 spiro atoms. The highest BCUT2D eigenvalue weighted by Gasteiger charge is 2.14. The predicted octanol–water partition coefficient (Wildman–Crippen LogP) is 1.71.